The molecule has 8 rings (SSSR count). The summed E-state index contributed by atoms with van der Waals surface area (Å²) in [6, 6.07) is 0. The number of esters is 2. The summed E-state index contributed by atoms with van der Waals surface area (Å²) < 4.78 is 9.75. The van der Waals surface area contributed by atoms with E-state index in [9.17, 15) is 19.5 Å². The third-order valence-corrected chi connectivity index (χ3v) is 21.2. The zero-order chi connectivity index (χ0) is 41.9. The summed E-state index contributed by atoms with van der Waals surface area (Å²) in [5.74, 6) is 9.65. The summed E-state index contributed by atoms with van der Waals surface area (Å²) in [6.45, 7) is 19.5. The van der Waals surface area contributed by atoms with E-state index in [0.29, 0.717) is 94.0 Å². The molecule has 19 atom stereocenters. The van der Waals surface area contributed by atoms with Gasteiger partial charge in [-0.3, -0.25) is 14.4 Å². The van der Waals surface area contributed by atoms with Gasteiger partial charge in [-0.05, 0) is 195 Å². The fourth-order valence-electron chi connectivity index (χ4n) is 18.0. The summed E-state index contributed by atoms with van der Waals surface area (Å²) in [6.07, 6.45) is 22.9. The number of fused-ring (bicyclic) bond motifs is 10. The van der Waals surface area contributed by atoms with E-state index in [4.69, 9.17) is 9.47 Å². The van der Waals surface area contributed by atoms with Crippen LogP contribution >= 0.6 is 0 Å². The largest absolute Gasteiger partial charge is 0.469 e. The van der Waals surface area contributed by atoms with E-state index in [1.165, 1.54) is 97.7 Å². The average molecular weight is 807 g/mol. The molecule has 58 heavy (non-hydrogen) atoms. The van der Waals surface area contributed by atoms with Crippen molar-refractivity contribution in [3.63, 3.8) is 0 Å². The highest BCUT2D eigenvalue weighted by Crippen LogP contribution is 2.70. The smallest absolute Gasteiger partial charge is 0.305 e. The lowest BCUT2D eigenvalue weighted by Crippen LogP contribution is -2.57. The molecule has 0 aromatic heterocycles. The Labute approximate surface area is 354 Å². The number of hydrogen-bond donors (Lipinski definition) is 1. The van der Waals surface area contributed by atoms with Crippen molar-refractivity contribution < 1.29 is 29.0 Å². The van der Waals surface area contributed by atoms with Gasteiger partial charge in [-0.1, -0.05) is 68.2 Å². The third-order valence-electron chi connectivity index (χ3n) is 21.2. The Bertz CT molecular complexity index is 1490. The van der Waals surface area contributed by atoms with Crippen molar-refractivity contribution in [2.24, 2.45) is 105 Å². The Morgan fingerprint density at radius 1 is 0.603 bits per heavy atom. The monoisotopic (exact) mass is 807 g/mol. The van der Waals surface area contributed by atoms with Gasteiger partial charge >= 0.3 is 11.9 Å². The number of carbonyl (C=O) groups is 3. The molecule has 0 spiro atoms. The minimum absolute atomic E-state index is 0.0684. The van der Waals surface area contributed by atoms with Gasteiger partial charge < -0.3 is 14.6 Å². The second-order valence-electron chi connectivity index (χ2n) is 23.8. The Morgan fingerprint density at radius 3 is 1.59 bits per heavy atom. The first-order chi connectivity index (χ1) is 27.4. The van der Waals surface area contributed by atoms with Crippen LogP contribution in [0.5, 0.6) is 0 Å². The zero-order valence-corrected chi connectivity index (χ0v) is 38.8. The lowest BCUT2D eigenvalue weighted by molar-refractivity contribution is -0.165. The van der Waals surface area contributed by atoms with E-state index < -0.39 is 0 Å². The van der Waals surface area contributed by atoms with Crippen molar-refractivity contribution in [2.75, 3.05) is 14.2 Å². The first kappa shape index (κ1) is 44.6. The van der Waals surface area contributed by atoms with Gasteiger partial charge in [0.15, 0.2) is 0 Å². The van der Waals surface area contributed by atoms with Crippen LogP contribution in [0.4, 0.5) is 0 Å². The number of aliphatic hydroxyl groups is 1. The number of ether oxygens (including phenoxy) is 2. The van der Waals surface area contributed by atoms with E-state index in [1.807, 2.05) is 0 Å². The molecule has 0 radical (unpaired) electrons. The fraction of sp³-hybridized carbons (Fsp3) is 0.942. The van der Waals surface area contributed by atoms with E-state index in [-0.39, 0.29) is 23.5 Å². The number of Topliss-reactive ketones (excluding diaryl/α,β-unsaturated/α-hetero) is 1. The lowest BCUT2D eigenvalue weighted by atomic mass is 9.43. The number of aliphatic hydroxyl groups excluding tert-OH is 1. The predicted octanol–water partition coefficient (Wildman–Crippen LogP) is 11.9. The summed E-state index contributed by atoms with van der Waals surface area (Å²) in [7, 11) is 2.98. The molecule has 0 saturated heterocycles. The van der Waals surface area contributed by atoms with Crippen LogP contribution in [0, 0.1) is 105 Å². The number of rotatable bonds is 8. The first-order valence-electron chi connectivity index (χ1n) is 24.8. The van der Waals surface area contributed by atoms with Gasteiger partial charge in [-0.25, -0.2) is 0 Å². The molecule has 0 aliphatic heterocycles. The second kappa shape index (κ2) is 17.0. The molecular weight excluding hydrogens is 721 g/mol. The van der Waals surface area contributed by atoms with Crippen molar-refractivity contribution in [3.8, 4) is 0 Å². The molecule has 6 heteroatoms. The summed E-state index contributed by atoms with van der Waals surface area (Å²) in [4.78, 5) is 36.6. The Morgan fingerprint density at radius 2 is 1.05 bits per heavy atom. The SMILES string of the molecule is COC(=O)CC[C@@H](C)C1CCC2C3CC(=O)C4C[C@H](C)CC[C@]4(C)C3CC[C@@]21C.COC(=O)CC[C@@H](C)C1CCC2C3C[C@H](O)C4C[C@H](C)CC[C@]4(C)C3CC[C@@]21C. The van der Waals surface area contributed by atoms with Crippen LogP contribution in [0.25, 0.3) is 0 Å². The van der Waals surface area contributed by atoms with Crippen molar-refractivity contribution >= 4 is 17.7 Å². The predicted molar refractivity (Wildman–Crippen MR) is 231 cm³/mol. The van der Waals surface area contributed by atoms with Crippen molar-refractivity contribution in [3.05, 3.63) is 0 Å². The molecule has 1 N–H and O–H groups in total. The topological polar surface area (TPSA) is 89.9 Å². The van der Waals surface area contributed by atoms with Crippen LogP contribution < -0.4 is 0 Å². The Balaban J connectivity index is 0.000000177. The van der Waals surface area contributed by atoms with E-state index in [2.05, 4.69) is 55.4 Å². The van der Waals surface area contributed by atoms with Crippen LogP contribution in [-0.4, -0.2) is 43.2 Å². The molecule has 0 aromatic rings. The Kier molecular flexibility index (Phi) is 13.1. The highest BCUT2D eigenvalue weighted by molar-refractivity contribution is 5.83. The third kappa shape index (κ3) is 7.70. The Hall–Kier alpha value is -1.43. The number of hydrogen-bond acceptors (Lipinski definition) is 6. The highest BCUT2D eigenvalue weighted by Gasteiger charge is 2.64. The molecule has 8 aliphatic carbocycles. The molecule has 0 amide bonds. The number of carbonyl (C=O) groups excluding carboxylic acids is 3. The van der Waals surface area contributed by atoms with Crippen LogP contribution in [0.3, 0.4) is 0 Å². The van der Waals surface area contributed by atoms with Crippen molar-refractivity contribution in [1.82, 2.24) is 0 Å². The van der Waals surface area contributed by atoms with Gasteiger partial charge in [-0.2, -0.15) is 0 Å². The average Bonchev–Trinajstić information content (AvgIpc) is 3.74. The van der Waals surface area contributed by atoms with Crippen LogP contribution in [0.2, 0.25) is 0 Å². The molecule has 6 nitrogen and oxygen atoms in total. The van der Waals surface area contributed by atoms with Crippen molar-refractivity contribution in [2.45, 2.75) is 190 Å². The van der Waals surface area contributed by atoms with E-state index >= 15 is 0 Å². The van der Waals surface area contributed by atoms with Gasteiger partial charge in [0.05, 0.1) is 20.3 Å². The van der Waals surface area contributed by atoms with Crippen LogP contribution in [0.1, 0.15) is 184 Å². The minimum atomic E-state index is -0.0952. The second-order valence-corrected chi connectivity index (χ2v) is 23.8. The van der Waals surface area contributed by atoms with Gasteiger partial charge in [0, 0.05) is 25.2 Å². The molecule has 0 bridgehead atoms. The number of ketones is 1. The number of methoxy groups -OCH3 is 2. The summed E-state index contributed by atoms with van der Waals surface area (Å²) in [5.41, 5.74) is 1.34. The van der Waals surface area contributed by atoms with Gasteiger partial charge in [0.2, 0.25) is 0 Å². The molecule has 0 heterocycles. The standard InChI is InChI=1S/C26H44O3.C26H42O3/c2*1-16-10-12-26(4)21-11-13-25(3)19(17(2)6-9-24(28)29-5)7-8-20(25)18(21)15-23(27)22(26)14-16/h16-23,27H,6-15H2,1-5H3;16-22H,6-15H2,1-5H3/t16-,17-,18?,19?,20?,21?,22?,23+,25-,26-;16-,17-,18?,19?,20?,21?,22?,25-,26-/m11/s1. The van der Waals surface area contributed by atoms with E-state index in [0.717, 1.165) is 55.8 Å². The maximum Gasteiger partial charge on any atom is 0.305 e. The fourth-order valence-corrected chi connectivity index (χ4v) is 18.0. The van der Waals surface area contributed by atoms with Gasteiger partial charge in [0.25, 0.3) is 0 Å². The van der Waals surface area contributed by atoms with E-state index in [1.54, 1.807) is 0 Å². The molecular formula is C52H86O6. The molecule has 330 valence electrons. The maximum atomic E-state index is 13.3. The molecule has 0 aromatic carbocycles. The van der Waals surface area contributed by atoms with Gasteiger partial charge in [0.1, 0.15) is 5.78 Å². The zero-order valence-electron chi connectivity index (χ0n) is 38.8. The van der Waals surface area contributed by atoms with Gasteiger partial charge in [-0.15, -0.1) is 0 Å². The molecule has 8 saturated carbocycles. The van der Waals surface area contributed by atoms with Crippen molar-refractivity contribution in [1.29, 1.82) is 0 Å². The lowest BCUT2D eigenvalue weighted by Gasteiger charge is -2.62. The quantitative estimate of drug-likeness (QED) is 0.246. The van der Waals surface area contributed by atoms with Crippen LogP contribution in [-0.2, 0) is 23.9 Å². The van der Waals surface area contributed by atoms with Crippen LogP contribution in [0.15, 0.2) is 0 Å². The summed E-state index contributed by atoms with van der Waals surface area (Å²) >= 11 is 0. The molecule has 10 unspecified atom stereocenters. The minimum Gasteiger partial charge on any atom is -0.469 e. The summed E-state index contributed by atoms with van der Waals surface area (Å²) in [5, 5.41) is 11.2. The first-order valence-corrected chi connectivity index (χ1v) is 24.8. The molecule has 8 fully saturated rings. The molecule has 8 aliphatic rings. The highest BCUT2D eigenvalue weighted by atomic mass is 16.5. The normalized spacial score (nSPS) is 48.9. The maximum absolute atomic E-state index is 13.3.